The van der Waals surface area contributed by atoms with Gasteiger partial charge in [-0.15, -0.1) is 0 Å². The van der Waals surface area contributed by atoms with E-state index in [0.717, 1.165) is 18.4 Å². The molecule has 3 fully saturated rings. The van der Waals surface area contributed by atoms with Gasteiger partial charge in [0.15, 0.2) is 0 Å². The van der Waals surface area contributed by atoms with Crippen LogP contribution in [0.2, 0.25) is 0 Å². The monoisotopic (exact) mass is 279 g/mol. The van der Waals surface area contributed by atoms with E-state index in [0.29, 0.717) is 29.4 Å². The molecule has 1 aromatic carbocycles. The highest BCUT2D eigenvalue weighted by Gasteiger charge is 2.58. The van der Waals surface area contributed by atoms with Gasteiger partial charge in [0, 0.05) is 12.5 Å². The molecule has 4 rings (SSSR count). The fourth-order valence-electron chi connectivity index (χ4n) is 3.77. The molecular formula is C14H17NO3S. The number of benzene rings is 1. The Balaban J connectivity index is 1.70. The van der Waals surface area contributed by atoms with Crippen LogP contribution < -0.4 is 0 Å². The van der Waals surface area contributed by atoms with Crippen molar-refractivity contribution in [2.75, 3.05) is 6.54 Å². The third kappa shape index (κ3) is 1.61. The molecule has 4 atom stereocenters. The summed E-state index contributed by atoms with van der Waals surface area (Å²) in [5.41, 5.74) is 1.07. The zero-order chi connectivity index (χ0) is 13.2. The Morgan fingerprint density at radius 2 is 1.95 bits per heavy atom. The highest BCUT2D eigenvalue weighted by atomic mass is 32.2. The maximum Gasteiger partial charge on any atom is 0.245 e. The lowest BCUT2D eigenvalue weighted by atomic mass is 9.99. The van der Waals surface area contributed by atoms with Crippen LogP contribution in [0.4, 0.5) is 0 Å². The molecule has 2 bridgehead atoms. The lowest BCUT2D eigenvalue weighted by molar-refractivity contribution is -0.0261. The topological polar surface area (TPSA) is 46.6 Å². The van der Waals surface area contributed by atoms with Gasteiger partial charge in [0.2, 0.25) is 10.0 Å². The van der Waals surface area contributed by atoms with Crippen molar-refractivity contribution in [3.8, 4) is 0 Å². The molecule has 2 heterocycles. The van der Waals surface area contributed by atoms with Crippen molar-refractivity contribution in [3.63, 3.8) is 0 Å². The minimum absolute atomic E-state index is 0.213. The summed E-state index contributed by atoms with van der Waals surface area (Å²) in [6.07, 6.45) is 2.14. The quantitative estimate of drug-likeness (QED) is 0.828. The minimum Gasteiger partial charge on any atom is -0.359 e. The molecule has 5 heteroatoms. The average molecular weight is 279 g/mol. The Kier molecular flexibility index (Phi) is 2.38. The summed E-state index contributed by atoms with van der Waals surface area (Å²) >= 11 is 0. The van der Waals surface area contributed by atoms with Crippen molar-refractivity contribution in [3.05, 3.63) is 29.8 Å². The second-order valence-electron chi connectivity index (χ2n) is 5.93. The van der Waals surface area contributed by atoms with E-state index in [2.05, 4.69) is 0 Å². The Morgan fingerprint density at radius 3 is 2.58 bits per heavy atom. The lowest BCUT2D eigenvalue weighted by Gasteiger charge is -2.24. The number of nitrogens with zero attached hydrogens (tertiary/aromatic N) is 1. The van der Waals surface area contributed by atoms with Gasteiger partial charge in [-0.2, -0.15) is 4.31 Å². The van der Waals surface area contributed by atoms with Crippen molar-refractivity contribution < 1.29 is 13.2 Å². The van der Waals surface area contributed by atoms with Gasteiger partial charge in [-0.25, -0.2) is 8.42 Å². The number of sulfonamides is 1. The molecule has 2 saturated heterocycles. The lowest BCUT2D eigenvalue weighted by Crippen LogP contribution is -2.37. The highest BCUT2D eigenvalue weighted by Crippen LogP contribution is 2.51. The minimum atomic E-state index is -3.41. The fourth-order valence-corrected chi connectivity index (χ4v) is 5.39. The smallest absolute Gasteiger partial charge is 0.245 e. The first-order chi connectivity index (χ1) is 9.05. The molecule has 19 heavy (non-hydrogen) atoms. The van der Waals surface area contributed by atoms with Crippen LogP contribution >= 0.6 is 0 Å². The summed E-state index contributed by atoms with van der Waals surface area (Å²) in [6.45, 7) is 2.58. The number of ether oxygens (including phenoxy) is 1. The van der Waals surface area contributed by atoms with Gasteiger partial charge >= 0.3 is 0 Å². The molecule has 102 valence electrons. The number of aryl methyl sites for hydroxylation is 1. The van der Waals surface area contributed by atoms with E-state index in [1.165, 1.54) is 0 Å². The van der Waals surface area contributed by atoms with Crippen LogP contribution in [0, 0.1) is 18.8 Å². The van der Waals surface area contributed by atoms with E-state index >= 15 is 0 Å². The Bertz CT molecular complexity index is 608. The second-order valence-corrected chi connectivity index (χ2v) is 7.82. The first-order valence-electron chi connectivity index (χ1n) is 6.80. The zero-order valence-electron chi connectivity index (χ0n) is 10.8. The molecule has 0 aromatic heterocycles. The first kappa shape index (κ1) is 11.9. The third-order valence-corrected chi connectivity index (χ3v) is 6.57. The Morgan fingerprint density at radius 1 is 1.21 bits per heavy atom. The van der Waals surface area contributed by atoms with E-state index < -0.39 is 10.0 Å². The average Bonchev–Trinajstić information content (AvgIpc) is 2.97. The summed E-state index contributed by atoms with van der Waals surface area (Å²) in [6, 6.07) is 7.07. The summed E-state index contributed by atoms with van der Waals surface area (Å²) in [4.78, 5) is 0.381. The van der Waals surface area contributed by atoms with Gasteiger partial charge in [-0.3, -0.25) is 0 Å². The van der Waals surface area contributed by atoms with Crippen molar-refractivity contribution >= 4 is 10.0 Å². The summed E-state index contributed by atoms with van der Waals surface area (Å²) < 4.78 is 32.8. The van der Waals surface area contributed by atoms with Gasteiger partial charge in [-0.05, 0) is 37.8 Å². The molecule has 0 amide bonds. The molecule has 4 nitrogen and oxygen atoms in total. The van der Waals surface area contributed by atoms with Crippen molar-refractivity contribution in [1.29, 1.82) is 0 Å². The third-order valence-electron chi connectivity index (χ3n) is 4.73. The molecular weight excluding hydrogens is 262 g/mol. The van der Waals surface area contributed by atoms with Crippen molar-refractivity contribution in [2.24, 2.45) is 11.8 Å². The molecule has 2 aliphatic heterocycles. The number of hydrogen-bond donors (Lipinski definition) is 0. The van der Waals surface area contributed by atoms with Gasteiger partial charge in [-0.1, -0.05) is 17.7 Å². The molecule has 1 aromatic rings. The SMILES string of the molecule is Cc1ccc(S(=O)(=O)N2C[C@H]3C[C@@H]4C[C@H]3[C@H]2O4)cc1. The van der Waals surface area contributed by atoms with E-state index in [9.17, 15) is 8.42 Å². The molecule has 1 saturated carbocycles. The normalized spacial score (nSPS) is 37.1. The fraction of sp³-hybridized carbons (Fsp3) is 0.571. The number of hydrogen-bond acceptors (Lipinski definition) is 3. The molecule has 0 N–H and O–H groups in total. The van der Waals surface area contributed by atoms with E-state index in [1.54, 1.807) is 16.4 Å². The molecule has 0 unspecified atom stereocenters. The first-order valence-corrected chi connectivity index (χ1v) is 8.24. The number of fused-ring (bicyclic) bond motifs is 1. The number of rotatable bonds is 2. The molecule has 3 aliphatic rings. The van der Waals surface area contributed by atoms with Gasteiger partial charge < -0.3 is 4.74 Å². The largest absolute Gasteiger partial charge is 0.359 e. The van der Waals surface area contributed by atoms with Crippen LogP contribution in [-0.4, -0.2) is 31.6 Å². The highest BCUT2D eigenvalue weighted by molar-refractivity contribution is 7.89. The predicted octanol–water partition coefficient (Wildman–Crippen LogP) is 1.75. The van der Waals surface area contributed by atoms with Crippen LogP contribution in [0.5, 0.6) is 0 Å². The van der Waals surface area contributed by atoms with Crippen LogP contribution in [0.1, 0.15) is 18.4 Å². The van der Waals surface area contributed by atoms with Crippen LogP contribution in [-0.2, 0) is 14.8 Å². The van der Waals surface area contributed by atoms with Crippen LogP contribution in [0.25, 0.3) is 0 Å². The van der Waals surface area contributed by atoms with E-state index in [-0.39, 0.29) is 6.23 Å². The van der Waals surface area contributed by atoms with Crippen molar-refractivity contribution in [2.45, 2.75) is 37.0 Å². The Labute approximate surface area is 113 Å². The molecule has 0 spiro atoms. The van der Waals surface area contributed by atoms with Crippen molar-refractivity contribution in [1.82, 2.24) is 4.31 Å². The standard InChI is InChI=1S/C14H17NO3S/c1-9-2-4-12(5-3-9)19(16,17)15-8-10-6-11-7-13(10)14(15)18-11/h2-5,10-11,13-14H,6-8H2,1H3/t10-,11-,13-,14-/m1/s1. The summed E-state index contributed by atoms with van der Waals surface area (Å²) in [5, 5.41) is 0. The molecule has 1 aliphatic carbocycles. The maximum absolute atomic E-state index is 12.7. The molecule has 0 radical (unpaired) electrons. The second kappa shape index (κ2) is 3.81. The van der Waals surface area contributed by atoms with Gasteiger partial charge in [0.25, 0.3) is 0 Å². The van der Waals surface area contributed by atoms with Crippen LogP contribution in [0.3, 0.4) is 0 Å². The summed E-state index contributed by atoms with van der Waals surface area (Å²) in [7, 11) is -3.41. The zero-order valence-corrected chi connectivity index (χ0v) is 11.6. The predicted molar refractivity (Wildman–Crippen MR) is 69.9 cm³/mol. The van der Waals surface area contributed by atoms with Gasteiger partial charge in [0.05, 0.1) is 11.0 Å². The van der Waals surface area contributed by atoms with E-state index in [4.69, 9.17) is 4.74 Å². The Hall–Kier alpha value is -0.910. The van der Waals surface area contributed by atoms with E-state index in [1.807, 2.05) is 19.1 Å². The summed E-state index contributed by atoms with van der Waals surface area (Å²) in [5.74, 6) is 0.925. The van der Waals surface area contributed by atoms with Gasteiger partial charge in [0.1, 0.15) is 6.23 Å². The maximum atomic E-state index is 12.7. The van der Waals surface area contributed by atoms with Crippen LogP contribution in [0.15, 0.2) is 29.2 Å².